The van der Waals surface area contributed by atoms with Crippen molar-refractivity contribution in [3.05, 3.63) is 41.6 Å². The minimum atomic E-state index is -4.34. The largest absolute Gasteiger partial charge is 0.416 e. The van der Waals surface area contributed by atoms with Crippen LogP contribution in [0.4, 0.5) is 13.2 Å². The highest BCUT2D eigenvalue weighted by atomic mass is 19.4. The van der Waals surface area contributed by atoms with Gasteiger partial charge in [0.2, 0.25) is 0 Å². The number of nitrogens with zero attached hydrogens (tertiary/aromatic N) is 2. The summed E-state index contributed by atoms with van der Waals surface area (Å²) in [6, 6.07) is 6.49. The van der Waals surface area contributed by atoms with Gasteiger partial charge in [0.25, 0.3) is 0 Å². The molecular weight excluding hydrogens is 257 g/mol. The van der Waals surface area contributed by atoms with Crippen LogP contribution in [0.2, 0.25) is 0 Å². The van der Waals surface area contributed by atoms with Gasteiger partial charge >= 0.3 is 6.18 Å². The molecule has 6 heteroatoms. The molecule has 1 heterocycles. The van der Waals surface area contributed by atoms with Gasteiger partial charge < -0.3 is 5.11 Å². The topological polar surface area (TPSA) is 38.0 Å². The van der Waals surface area contributed by atoms with Gasteiger partial charge in [-0.2, -0.15) is 18.3 Å². The second-order valence-corrected chi connectivity index (χ2v) is 4.07. The number of halogens is 3. The number of aryl methyl sites for hydroxylation is 1. The molecule has 0 radical (unpaired) electrons. The van der Waals surface area contributed by atoms with Crippen molar-refractivity contribution >= 4 is 0 Å². The number of benzene rings is 1. The van der Waals surface area contributed by atoms with Crippen molar-refractivity contribution < 1.29 is 18.3 Å². The van der Waals surface area contributed by atoms with Crippen LogP contribution in [0.5, 0.6) is 0 Å². The fourth-order valence-corrected chi connectivity index (χ4v) is 1.83. The van der Waals surface area contributed by atoms with Crippen molar-refractivity contribution in [3.63, 3.8) is 0 Å². The Morgan fingerprint density at radius 2 is 1.84 bits per heavy atom. The smallest absolute Gasteiger partial charge is 0.390 e. The van der Waals surface area contributed by atoms with Gasteiger partial charge in [-0.25, -0.2) is 0 Å². The molecular formula is C13H13F3N2O. The van der Waals surface area contributed by atoms with Gasteiger partial charge in [-0.15, -0.1) is 0 Å². The first-order valence-corrected chi connectivity index (χ1v) is 5.81. The number of aliphatic hydroxyl groups is 1. The van der Waals surface area contributed by atoms with Gasteiger partial charge in [-0.3, -0.25) is 4.68 Å². The van der Waals surface area contributed by atoms with E-state index in [9.17, 15) is 13.2 Å². The van der Waals surface area contributed by atoms with Crippen LogP contribution in [0.15, 0.2) is 30.3 Å². The third-order valence-corrected chi connectivity index (χ3v) is 2.83. The Balaban J connectivity index is 2.34. The highest BCUT2D eigenvalue weighted by Crippen LogP contribution is 2.30. The molecule has 0 amide bonds. The van der Waals surface area contributed by atoms with E-state index in [1.165, 1.54) is 12.1 Å². The van der Waals surface area contributed by atoms with Gasteiger partial charge in [0, 0.05) is 12.1 Å². The van der Waals surface area contributed by atoms with Crippen molar-refractivity contribution in [1.82, 2.24) is 9.78 Å². The minimum Gasteiger partial charge on any atom is -0.390 e. The van der Waals surface area contributed by atoms with Crippen LogP contribution in [-0.2, 0) is 19.3 Å². The molecule has 0 atom stereocenters. The van der Waals surface area contributed by atoms with Crippen LogP contribution in [-0.4, -0.2) is 14.9 Å². The molecule has 2 aromatic rings. The summed E-state index contributed by atoms with van der Waals surface area (Å²) in [5, 5.41) is 13.4. The predicted molar refractivity (Wildman–Crippen MR) is 64.3 cm³/mol. The summed E-state index contributed by atoms with van der Waals surface area (Å²) < 4.78 is 39.0. The number of alkyl halides is 3. The van der Waals surface area contributed by atoms with E-state index < -0.39 is 11.7 Å². The van der Waals surface area contributed by atoms with Crippen LogP contribution >= 0.6 is 0 Å². The molecule has 2 rings (SSSR count). The summed E-state index contributed by atoms with van der Waals surface area (Å²) in [5.41, 5.74) is 1.10. The Morgan fingerprint density at radius 3 is 2.26 bits per heavy atom. The van der Waals surface area contributed by atoms with Gasteiger partial charge in [0.05, 0.1) is 23.6 Å². The first kappa shape index (κ1) is 13.6. The maximum atomic E-state index is 12.4. The Bertz CT molecular complexity index is 537. The van der Waals surface area contributed by atoms with Crippen LogP contribution in [0.1, 0.15) is 18.2 Å². The van der Waals surface area contributed by atoms with Gasteiger partial charge in [0.1, 0.15) is 0 Å². The van der Waals surface area contributed by atoms with Gasteiger partial charge in [-0.1, -0.05) is 12.1 Å². The lowest BCUT2D eigenvalue weighted by Crippen LogP contribution is -2.04. The molecule has 3 nitrogen and oxygen atoms in total. The fourth-order valence-electron chi connectivity index (χ4n) is 1.83. The molecule has 0 spiro atoms. The third kappa shape index (κ3) is 2.78. The quantitative estimate of drug-likeness (QED) is 0.930. The number of aromatic nitrogens is 2. The van der Waals surface area contributed by atoms with Crippen LogP contribution < -0.4 is 0 Å². The van der Waals surface area contributed by atoms with E-state index in [1.54, 1.807) is 10.7 Å². The van der Waals surface area contributed by atoms with Crippen LogP contribution in [0, 0.1) is 0 Å². The Morgan fingerprint density at radius 1 is 1.21 bits per heavy atom. The average molecular weight is 270 g/mol. The van der Waals surface area contributed by atoms with Gasteiger partial charge in [0.15, 0.2) is 0 Å². The first-order chi connectivity index (χ1) is 8.95. The zero-order valence-corrected chi connectivity index (χ0v) is 10.3. The molecule has 1 aromatic carbocycles. The van der Waals surface area contributed by atoms with E-state index in [0.717, 1.165) is 12.1 Å². The lowest BCUT2D eigenvalue weighted by molar-refractivity contribution is -0.137. The highest BCUT2D eigenvalue weighted by molar-refractivity contribution is 5.59. The Kier molecular flexibility index (Phi) is 3.61. The van der Waals surface area contributed by atoms with Crippen molar-refractivity contribution in [3.8, 4) is 11.3 Å². The summed E-state index contributed by atoms with van der Waals surface area (Å²) in [5.74, 6) is 0. The third-order valence-electron chi connectivity index (χ3n) is 2.83. The zero-order valence-electron chi connectivity index (χ0n) is 10.3. The van der Waals surface area contributed by atoms with Crippen LogP contribution in [0.25, 0.3) is 11.3 Å². The van der Waals surface area contributed by atoms with Gasteiger partial charge in [-0.05, 0) is 25.1 Å². The van der Waals surface area contributed by atoms with Crippen molar-refractivity contribution in [2.75, 3.05) is 0 Å². The van der Waals surface area contributed by atoms with E-state index in [0.29, 0.717) is 23.5 Å². The molecule has 0 aliphatic rings. The number of aliphatic hydroxyl groups excluding tert-OH is 1. The predicted octanol–water partition coefficient (Wildman–Crippen LogP) is 3.08. The Labute approximate surface area is 108 Å². The molecule has 0 fully saturated rings. The molecule has 19 heavy (non-hydrogen) atoms. The molecule has 1 N–H and O–H groups in total. The molecule has 0 saturated carbocycles. The molecule has 0 bridgehead atoms. The monoisotopic (exact) mass is 270 g/mol. The maximum absolute atomic E-state index is 12.4. The second-order valence-electron chi connectivity index (χ2n) is 4.07. The van der Waals surface area contributed by atoms with E-state index >= 15 is 0 Å². The molecule has 1 aromatic heterocycles. The van der Waals surface area contributed by atoms with Crippen LogP contribution in [0.3, 0.4) is 0 Å². The minimum absolute atomic E-state index is 0.151. The summed E-state index contributed by atoms with van der Waals surface area (Å²) in [4.78, 5) is 0. The Hall–Kier alpha value is -1.82. The number of rotatable bonds is 3. The summed E-state index contributed by atoms with van der Waals surface area (Å²) in [6.45, 7) is 2.32. The van der Waals surface area contributed by atoms with Crippen molar-refractivity contribution in [2.24, 2.45) is 0 Å². The molecule has 102 valence electrons. The molecule has 0 aliphatic heterocycles. The zero-order chi connectivity index (χ0) is 14.0. The van der Waals surface area contributed by atoms with E-state index in [2.05, 4.69) is 5.10 Å². The standard InChI is InChI=1S/C13H13F3N2O/c1-2-18-11(8-19)7-12(17-18)9-3-5-10(6-4-9)13(14,15)16/h3-7,19H,2,8H2,1H3. The molecule has 0 unspecified atom stereocenters. The summed E-state index contributed by atoms with van der Waals surface area (Å²) >= 11 is 0. The van der Waals surface area contributed by atoms with E-state index in [1.807, 2.05) is 6.92 Å². The van der Waals surface area contributed by atoms with Crippen molar-refractivity contribution in [2.45, 2.75) is 26.3 Å². The summed E-state index contributed by atoms with van der Waals surface area (Å²) in [6.07, 6.45) is -4.34. The SMILES string of the molecule is CCn1nc(-c2ccc(C(F)(F)F)cc2)cc1CO. The second kappa shape index (κ2) is 5.05. The normalized spacial score (nSPS) is 11.8. The first-order valence-electron chi connectivity index (χ1n) is 5.81. The van der Waals surface area contributed by atoms with E-state index in [4.69, 9.17) is 5.11 Å². The molecule has 0 aliphatic carbocycles. The highest BCUT2D eigenvalue weighted by Gasteiger charge is 2.30. The number of hydrogen-bond acceptors (Lipinski definition) is 2. The fraction of sp³-hybridized carbons (Fsp3) is 0.308. The van der Waals surface area contributed by atoms with E-state index in [-0.39, 0.29) is 6.61 Å². The maximum Gasteiger partial charge on any atom is 0.416 e. The lowest BCUT2D eigenvalue weighted by atomic mass is 10.1. The number of hydrogen-bond donors (Lipinski definition) is 1. The lowest BCUT2D eigenvalue weighted by Gasteiger charge is -2.06. The average Bonchev–Trinajstić information content (AvgIpc) is 2.81. The molecule has 0 saturated heterocycles. The summed E-state index contributed by atoms with van der Waals surface area (Å²) in [7, 11) is 0. The van der Waals surface area contributed by atoms with Crippen molar-refractivity contribution in [1.29, 1.82) is 0 Å².